The fourth-order valence-corrected chi connectivity index (χ4v) is 13.2. The number of esters is 2. The van der Waals surface area contributed by atoms with Crippen LogP contribution in [0.5, 0.6) is 0 Å². The number of nitrogens with zero attached hydrogens (tertiary/aromatic N) is 3. The number of ketones is 1. The standard InChI is InChI=1S/C73H93F2N6O18P/c1-46(51-24-26-55(27-25-51)73(74,75)100(91,98-44-96-68(88)71(3,4)5)99-45-97-69(89)72(6,7)8)39-56(82)41-54-23-22-52-15-10-16-53-42-61(81(64(52)53)67(54)87)66(86)77-57(28-31-62(76)83)47(2)95-43-50-19-17-48(18-20-50)13-11-33-92-35-37-94-38-36-93-34-12-14-49-21-29-58-60(40-49)79(9)70(90)80(58)59-30-32-63(84)78-65(59)85/h10,15-21,24-27,29,39-40,47,54,57,59,61H,11-14,22-23,28,30-38,41-45H2,1-9H3,(H2,76,83)(H,77,86)(H,78,84,85)/b46-39+/t47-,54-,57+,59?,61+/m1/s1. The zero-order chi connectivity index (χ0) is 72.7. The zero-order valence-electron chi connectivity index (χ0n) is 58.4. The van der Waals surface area contributed by atoms with Gasteiger partial charge in [-0.05, 0) is 164 Å². The van der Waals surface area contributed by atoms with Gasteiger partial charge in [0.1, 0.15) is 12.1 Å². The Morgan fingerprint density at radius 3 is 1.92 bits per heavy atom. The molecule has 0 aliphatic carbocycles. The Hall–Kier alpha value is -8.10. The van der Waals surface area contributed by atoms with Crippen molar-refractivity contribution in [1.29, 1.82) is 0 Å². The Bertz CT molecular complexity index is 3880. The van der Waals surface area contributed by atoms with Crippen LogP contribution < -0.4 is 27.0 Å². The van der Waals surface area contributed by atoms with Crippen molar-refractivity contribution < 1.29 is 89.2 Å². The summed E-state index contributed by atoms with van der Waals surface area (Å²) in [5.41, 5.74) is 5.36. The van der Waals surface area contributed by atoms with E-state index in [1.54, 1.807) is 20.9 Å². The Morgan fingerprint density at radius 1 is 0.740 bits per heavy atom. The van der Waals surface area contributed by atoms with Gasteiger partial charge in [0, 0.05) is 57.4 Å². The van der Waals surface area contributed by atoms with Gasteiger partial charge >= 0.3 is 30.9 Å². The van der Waals surface area contributed by atoms with Gasteiger partial charge in [0.15, 0.2) is 5.78 Å². The van der Waals surface area contributed by atoms with E-state index < -0.39 is 115 Å². The third-order valence-electron chi connectivity index (χ3n) is 17.8. The molecule has 8 rings (SSSR count). The number of halogens is 2. The van der Waals surface area contributed by atoms with Gasteiger partial charge in [-0.25, -0.2) is 4.79 Å². The molecule has 4 heterocycles. The largest absolute Gasteiger partial charge is 0.438 e. The third kappa shape index (κ3) is 20.1. The maximum atomic E-state index is 16.3. The second kappa shape index (κ2) is 34.5. The van der Waals surface area contributed by atoms with Gasteiger partial charge in [0.05, 0.1) is 72.7 Å². The van der Waals surface area contributed by atoms with Gasteiger partial charge in [0.25, 0.3) is 0 Å². The maximum Gasteiger partial charge on any atom is 0.410 e. The number of hydrogen-bond acceptors (Lipinski definition) is 18. The SMILES string of the molecule is C/C(=C\C(=O)C[C@H]1CCc2cccc3c2N(C1=O)[C@H](C(=O)N[C@@H](CCC(N)=O)[C@@H](C)OCc1ccc(CCCOCCOCCOCCCc2ccc4c(c2)n(C)c(=O)n4C2CCC(=O)NC2=O)cc1)C3)c1ccc(C(F)(F)P(=O)(OCOC(=O)C(C)(C)C)OCOC(=O)C(C)(C)C)cc1. The van der Waals surface area contributed by atoms with E-state index in [9.17, 15) is 47.7 Å². The quantitative estimate of drug-likeness (QED) is 0.00839. The molecule has 100 heavy (non-hydrogen) atoms. The minimum Gasteiger partial charge on any atom is -0.438 e. The van der Waals surface area contributed by atoms with E-state index in [0.717, 1.165) is 71.1 Å². The molecule has 5 aromatic rings. The van der Waals surface area contributed by atoms with Crippen LogP contribution in [0.4, 0.5) is 14.5 Å². The van der Waals surface area contributed by atoms with Gasteiger partial charge < -0.3 is 39.5 Å². The highest BCUT2D eigenvalue weighted by Gasteiger charge is 2.56. The van der Waals surface area contributed by atoms with Crippen molar-refractivity contribution in [3.8, 4) is 0 Å². The number of amides is 5. The molecule has 4 aromatic carbocycles. The summed E-state index contributed by atoms with van der Waals surface area (Å²) in [6, 6.07) is 21.4. The molecular formula is C73H93F2N6O18P. The van der Waals surface area contributed by atoms with Crippen LogP contribution in [0, 0.1) is 16.7 Å². The molecular weight excluding hydrogens is 1320 g/mol. The summed E-state index contributed by atoms with van der Waals surface area (Å²) in [6.07, 6.45) is 5.05. The number of primary amides is 1. The Kier molecular flexibility index (Phi) is 26.8. The van der Waals surface area contributed by atoms with Crippen molar-refractivity contribution in [3.63, 3.8) is 0 Å². The van der Waals surface area contributed by atoms with Gasteiger partial charge in [0.2, 0.25) is 43.1 Å². The minimum atomic E-state index is -5.60. The Balaban J connectivity index is 0.767. The van der Waals surface area contributed by atoms with Crippen molar-refractivity contribution in [3.05, 3.63) is 140 Å². The number of carbonyl (C=O) groups excluding carboxylic acids is 8. The molecule has 0 spiro atoms. The fourth-order valence-electron chi connectivity index (χ4n) is 12.0. The fraction of sp³-hybridized carbons (Fsp3) is 0.521. The Morgan fingerprint density at radius 2 is 1.32 bits per heavy atom. The van der Waals surface area contributed by atoms with E-state index in [4.69, 9.17) is 43.2 Å². The molecule has 4 N–H and O–H groups in total. The molecule has 1 unspecified atom stereocenters. The molecule has 24 nitrogen and oxygen atoms in total. The lowest BCUT2D eigenvalue weighted by Gasteiger charge is -2.31. The number of aromatic nitrogens is 2. The smallest absolute Gasteiger partial charge is 0.410 e. The number of carbonyl (C=O) groups is 8. The molecule has 0 radical (unpaired) electrons. The molecule has 3 aliphatic heterocycles. The highest BCUT2D eigenvalue weighted by Crippen LogP contribution is 2.67. The summed E-state index contributed by atoms with van der Waals surface area (Å²) < 4.78 is 92.9. The van der Waals surface area contributed by atoms with Crippen molar-refractivity contribution in [1.82, 2.24) is 19.8 Å². The number of para-hydroxylation sites is 1. The number of imidazole rings is 1. The van der Waals surface area contributed by atoms with Crippen LogP contribution in [0.1, 0.15) is 152 Å². The second-order valence-electron chi connectivity index (χ2n) is 27.6. The monoisotopic (exact) mass is 1410 g/mol. The maximum absolute atomic E-state index is 16.3. The third-order valence-corrected chi connectivity index (χ3v) is 19.6. The molecule has 1 fully saturated rings. The molecule has 5 amide bonds. The number of allylic oxidation sites excluding steroid dienone is 2. The van der Waals surface area contributed by atoms with E-state index in [2.05, 4.69) is 10.6 Å². The van der Waals surface area contributed by atoms with Crippen LogP contribution in [-0.4, -0.2) is 128 Å². The van der Waals surface area contributed by atoms with Gasteiger partial charge in [-0.2, -0.15) is 8.78 Å². The number of benzene rings is 4. The first-order chi connectivity index (χ1) is 47.4. The second-order valence-corrected chi connectivity index (χ2v) is 29.6. The number of nitrogens with one attached hydrogen (secondary N) is 2. The minimum absolute atomic E-state index is 0.0453. The predicted molar refractivity (Wildman–Crippen MR) is 366 cm³/mol. The number of ether oxygens (including phenoxy) is 6. The van der Waals surface area contributed by atoms with E-state index in [0.29, 0.717) is 74.8 Å². The summed E-state index contributed by atoms with van der Waals surface area (Å²) in [5.74, 6) is -5.20. The number of fused-ring (bicyclic) bond motifs is 1. The number of piperidine rings is 1. The molecule has 1 saturated heterocycles. The molecule has 0 saturated carbocycles. The highest BCUT2D eigenvalue weighted by molar-refractivity contribution is 7.54. The van der Waals surface area contributed by atoms with E-state index in [1.165, 1.54) is 73.8 Å². The molecule has 27 heteroatoms. The van der Waals surface area contributed by atoms with Gasteiger partial charge in [-0.1, -0.05) is 72.8 Å². The summed E-state index contributed by atoms with van der Waals surface area (Å²) in [4.78, 5) is 119. The van der Waals surface area contributed by atoms with Crippen LogP contribution in [0.25, 0.3) is 16.6 Å². The van der Waals surface area contributed by atoms with Gasteiger partial charge in [-0.15, -0.1) is 0 Å². The van der Waals surface area contributed by atoms with Crippen molar-refractivity contribution in [2.45, 2.75) is 169 Å². The van der Waals surface area contributed by atoms with Crippen molar-refractivity contribution >= 4 is 77.1 Å². The van der Waals surface area contributed by atoms with Crippen LogP contribution in [0.3, 0.4) is 0 Å². The van der Waals surface area contributed by atoms with Gasteiger partial charge in [-0.3, -0.25) is 71.3 Å². The van der Waals surface area contributed by atoms with E-state index in [1.807, 2.05) is 60.7 Å². The van der Waals surface area contributed by atoms with Crippen LogP contribution in [-0.2, 0) is 125 Å². The molecule has 542 valence electrons. The number of hydrogen-bond donors (Lipinski definition) is 3. The first-order valence-electron chi connectivity index (χ1n) is 33.8. The van der Waals surface area contributed by atoms with E-state index in [-0.39, 0.29) is 56.7 Å². The number of rotatable bonds is 36. The summed E-state index contributed by atoms with van der Waals surface area (Å²) in [6.45, 7) is 13.2. The lowest BCUT2D eigenvalue weighted by Crippen LogP contribution is -2.54. The average Bonchev–Trinajstić information content (AvgIpc) is 1.59. The number of nitrogens with two attached hydrogens (primary N) is 1. The van der Waals surface area contributed by atoms with E-state index >= 15 is 8.78 Å². The molecule has 3 aliphatic rings. The number of imide groups is 1. The van der Waals surface area contributed by atoms with Crippen LogP contribution in [0.15, 0.2) is 95.8 Å². The predicted octanol–water partition coefficient (Wildman–Crippen LogP) is 9.54. The topological polar surface area (TPSA) is 308 Å². The van der Waals surface area contributed by atoms with Crippen molar-refractivity contribution in [2.24, 2.45) is 29.5 Å². The number of aryl methyl sites for hydroxylation is 4. The normalized spacial score (nSPS) is 17.4. The molecule has 5 atom stereocenters. The number of alkyl halides is 2. The average molecular weight is 1410 g/mol. The summed E-state index contributed by atoms with van der Waals surface area (Å²) in [5, 5.41) is 5.41. The zero-order valence-corrected chi connectivity index (χ0v) is 59.3. The summed E-state index contributed by atoms with van der Waals surface area (Å²) >= 11 is 0. The summed E-state index contributed by atoms with van der Waals surface area (Å²) in [7, 11) is -3.92. The molecule has 1 aromatic heterocycles. The first kappa shape index (κ1) is 77.6. The number of anilines is 1. The highest BCUT2D eigenvalue weighted by atomic mass is 31.2. The molecule has 0 bridgehead atoms. The van der Waals surface area contributed by atoms with Crippen LogP contribution in [0.2, 0.25) is 0 Å². The van der Waals surface area contributed by atoms with Crippen LogP contribution >= 0.6 is 7.60 Å². The lowest BCUT2D eigenvalue weighted by molar-refractivity contribution is -0.163. The lowest BCUT2D eigenvalue weighted by atomic mass is 9.92. The van der Waals surface area contributed by atoms with Crippen molar-refractivity contribution in [2.75, 3.05) is 58.1 Å². The Labute approximate surface area is 580 Å². The first-order valence-corrected chi connectivity index (χ1v) is 35.3.